The summed E-state index contributed by atoms with van der Waals surface area (Å²) in [5.74, 6) is -2.31. The molecule has 7 nitrogen and oxygen atoms in total. The Morgan fingerprint density at radius 3 is 2.42 bits per heavy atom. The number of carbonyl (C=O) groups excluding carboxylic acids is 1. The van der Waals surface area contributed by atoms with Crippen molar-refractivity contribution in [2.24, 2.45) is 0 Å². The van der Waals surface area contributed by atoms with Gasteiger partial charge in [0.15, 0.2) is 9.84 Å². The third-order valence-corrected chi connectivity index (χ3v) is 4.83. The Kier molecular flexibility index (Phi) is 4.49. The van der Waals surface area contributed by atoms with Crippen molar-refractivity contribution in [1.29, 1.82) is 0 Å². The second kappa shape index (κ2) is 5.86. The molecule has 0 saturated heterocycles. The minimum absolute atomic E-state index is 0.0895. The van der Waals surface area contributed by atoms with Crippen LogP contribution in [0.3, 0.4) is 0 Å². The zero-order valence-corrected chi connectivity index (χ0v) is 14.9. The molecule has 1 aromatic carbocycles. The molecule has 8 heteroatoms. The lowest BCUT2D eigenvalue weighted by Crippen LogP contribution is -2.60. The fraction of sp³-hybridized carbons (Fsp3) is 0.500. The molecule has 0 fully saturated rings. The average Bonchev–Trinajstić information content (AvgIpc) is 2.42. The largest absolute Gasteiger partial charge is 0.479 e. The summed E-state index contributed by atoms with van der Waals surface area (Å²) < 4.78 is 28.7. The first-order chi connectivity index (χ1) is 10.9. The number of sulfone groups is 1. The summed E-state index contributed by atoms with van der Waals surface area (Å²) in [5.41, 5.74) is -2.18. The number of ether oxygens (including phenoxy) is 1. The molecule has 1 aromatic rings. The van der Waals surface area contributed by atoms with E-state index in [1.807, 2.05) is 0 Å². The van der Waals surface area contributed by atoms with Gasteiger partial charge in [0.05, 0.1) is 4.90 Å². The van der Waals surface area contributed by atoms with E-state index in [4.69, 9.17) is 4.74 Å². The van der Waals surface area contributed by atoms with Gasteiger partial charge >= 0.3 is 11.9 Å². The Bertz CT molecular complexity index is 793. The number of carboxylic acid groups (broad SMARTS) is 1. The van der Waals surface area contributed by atoms with Crippen molar-refractivity contribution in [3.05, 3.63) is 29.3 Å². The summed E-state index contributed by atoms with van der Waals surface area (Å²) in [5, 5.41) is 12.5. The second-order valence-electron chi connectivity index (χ2n) is 6.82. The highest BCUT2D eigenvalue weighted by Crippen LogP contribution is 2.33. The average molecular weight is 355 g/mol. The number of rotatable bonds is 3. The molecule has 0 radical (unpaired) electrons. The van der Waals surface area contributed by atoms with Crippen LogP contribution in [-0.4, -0.2) is 43.9 Å². The van der Waals surface area contributed by atoms with Gasteiger partial charge in [0.2, 0.25) is 5.54 Å². The molecule has 1 aliphatic heterocycles. The van der Waals surface area contributed by atoms with E-state index in [0.717, 1.165) is 6.26 Å². The Morgan fingerprint density at radius 2 is 1.92 bits per heavy atom. The van der Waals surface area contributed by atoms with Crippen LogP contribution < -0.4 is 5.32 Å². The van der Waals surface area contributed by atoms with E-state index in [1.54, 1.807) is 20.8 Å². The molecule has 1 atom stereocenters. The van der Waals surface area contributed by atoms with Crippen LogP contribution in [0.25, 0.3) is 0 Å². The van der Waals surface area contributed by atoms with Crippen molar-refractivity contribution in [1.82, 2.24) is 5.32 Å². The summed E-state index contributed by atoms with van der Waals surface area (Å²) >= 11 is 0. The number of hydrogen-bond donors (Lipinski definition) is 2. The molecule has 2 N–H and O–H groups in total. The predicted octanol–water partition coefficient (Wildman–Crippen LogP) is 0.857. The summed E-state index contributed by atoms with van der Waals surface area (Å²) in [6, 6.07) is 4.10. The van der Waals surface area contributed by atoms with E-state index < -0.39 is 32.9 Å². The van der Waals surface area contributed by atoms with Crippen molar-refractivity contribution < 1.29 is 27.9 Å². The normalized spacial score (nSPS) is 21.0. The number of carbonyl (C=O) groups is 2. The first-order valence-electron chi connectivity index (χ1n) is 7.43. The van der Waals surface area contributed by atoms with Gasteiger partial charge in [-0.15, -0.1) is 0 Å². The number of benzene rings is 1. The Hall–Kier alpha value is -1.93. The van der Waals surface area contributed by atoms with Gasteiger partial charge in [-0.3, -0.25) is 5.32 Å². The lowest BCUT2D eigenvalue weighted by Gasteiger charge is -2.36. The maximum atomic E-state index is 12.6. The van der Waals surface area contributed by atoms with E-state index in [1.165, 1.54) is 18.2 Å². The van der Waals surface area contributed by atoms with Gasteiger partial charge in [0.1, 0.15) is 5.60 Å². The van der Waals surface area contributed by atoms with E-state index in [9.17, 15) is 23.1 Å². The van der Waals surface area contributed by atoms with Crippen LogP contribution in [-0.2, 0) is 36.1 Å². The van der Waals surface area contributed by atoms with Gasteiger partial charge in [0, 0.05) is 12.8 Å². The molecule has 0 bridgehead atoms. The highest BCUT2D eigenvalue weighted by molar-refractivity contribution is 7.90. The molecule has 0 aliphatic carbocycles. The molecule has 0 spiro atoms. The van der Waals surface area contributed by atoms with Gasteiger partial charge in [0.25, 0.3) is 0 Å². The summed E-state index contributed by atoms with van der Waals surface area (Å²) in [6.45, 7) is 5.16. The minimum Gasteiger partial charge on any atom is -0.479 e. The standard InChI is InChI=1S/C16H21NO6S/c1-15(2,3)23-14(20)16(13(18)19)12-6-5-11(24(4,21)22)9-10(12)7-8-17-16/h5-6,9,17H,7-8H2,1-4H3,(H,18,19). The maximum Gasteiger partial charge on any atom is 0.343 e. The number of fused-ring (bicyclic) bond motifs is 1. The lowest BCUT2D eigenvalue weighted by molar-refractivity contribution is -0.172. The fourth-order valence-electron chi connectivity index (χ4n) is 2.67. The molecule has 0 aromatic heterocycles. The zero-order chi connectivity index (χ0) is 18.3. The van der Waals surface area contributed by atoms with Crippen LogP contribution in [0.2, 0.25) is 0 Å². The highest BCUT2D eigenvalue weighted by atomic mass is 32.2. The van der Waals surface area contributed by atoms with E-state index >= 15 is 0 Å². The predicted molar refractivity (Wildman–Crippen MR) is 86.4 cm³/mol. The van der Waals surface area contributed by atoms with Crippen LogP contribution in [0.4, 0.5) is 0 Å². The molecule has 0 saturated carbocycles. The lowest BCUT2D eigenvalue weighted by atomic mass is 9.82. The van der Waals surface area contributed by atoms with Crippen LogP contribution in [0, 0.1) is 0 Å². The number of hydrogen-bond acceptors (Lipinski definition) is 6. The summed E-state index contributed by atoms with van der Waals surface area (Å²) in [7, 11) is -3.43. The first-order valence-corrected chi connectivity index (χ1v) is 9.32. The van der Waals surface area contributed by atoms with Gasteiger partial charge in [-0.05, 0) is 50.5 Å². The molecule has 0 amide bonds. The Labute approximate surface area is 140 Å². The summed E-state index contributed by atoms with van der Waals surface area (Å²) in [4.78, 5) is 24.7. The van der Waals surface area contributed by atoms with Crippen molar-refractivity contribution in [3.8, 4) is 0 Å². The van der Waals surface area contributed by atoms with E-state index in [2.05, 4.69) is 5.32 Å². The number of carboxylic acids is 1. The number of esters is 1. The third kappa shape index (κ3) is 3.29. The van der Waals surface area contributed by atoms with E-state index in [-0.39, 0.29) is 17.0 Å². The molecule has 2 rings (SSSR count). The van der Waals surface area contributed by atoms with Gasteiger partial charge in [-0.2, -0.15) is 0 Å². The second-order valence-corrected chi connectivity index (χ2v) is 8.84. The van der Waals surface area contributed by atoms with Crippen molar-refractivity contribution in [2.45, 2.75) is 43.2 Å². The Morgan fingerprint density at radius 1 is 1.29 bits per heavy atom. The maximum absolute atomic E-state index is 12.6. The van der Waals surface area contributed by atoms with Gasteiger partial charge < -0.3 is 9.84 Å². The van der Waals surface area contributed by atoms with Crippen LogP contribution >= 0.6 is 0 Å². The molecule has 1 aliphatic rings. The molecule has 132 valence electrons. The molecule has 1 unspecified atom stereocenters. The minimum atomic E-state index is -3.43. The van der Waals surface area contributed by atoms with Crippen LogP contribution in [0.5, 0.6) is 0 Å². The quantitative estimate of drug-likeness (QED) is 0.611. The highest BCUT2D eigenvalue weighted by Gasteiger charge is 2.53. The Balaban J connectivity index is 2.62. The fourth-order valence-corrected chi connectivity index (χ4v) is 3.34. The zero-order valence-electron chi connectivity index (χ0n) is 14.0. The van der Waals surface area contributed by atoms with Crippen molar-refractivity contribution >= 4 is 21.8 Å². The molecule has 1 heterocycles. The molecule has 24 heavy (non-hydrogen) atoms. The SMILES string of the molecule is CC(C)(C)OC(=O)C1(C(=O)O)NCCc2cc(S(C)(=O)=O)ccc21. The van der Waals surface area contributed by atoms with Gasteiger partial charge in [-0.25, -0.2) is 18.0 Å². The van der Waals surface area contributed by atoms with Crippen molar-refractivity contribution in [3.63, 3.8) is 0 Å². The first kappa shape index (κ1) is 18.4. The smallest absolute Gasteiger partial charge is 0.343 e. The number of nitrogens with one attached hydrogen (secondary N) is 1. The monoisotopic (exact) mass is 355 g/mol. The van der Waals surface area contributed by atoms with Gasteiger partial charge in [-0.1, -0.05) is 6.07 Å². The van der Waals surface area contributed by atoms with Crippen LogP contribution in [0.1, 0.15) is 31.9 Å². The number of aliphatic carboxylic acids is 1. The molecular weight excluding hydrogens is 334 g/mol. The summed E-state index contributed by atoms with van der Waals surface area (Å²) in [6.07, 6.45) is 1.49. The van der Waals surface area contributed by atoms with Crippen LogP contribution in [0.15, 0.2) is 23.1 Å². The third-order valence-electron chi connectivity index (χ3n) is 3.72. The topological polar surface area (TPSA) is 110 Å². The molecular formula is C16H21NO6S. The van der Waals surface area contributed by atoms with E-state index in [0.29, 0.717) is 12.0 Å². The van der Waals surface area contributed by atoms with Crippen molar-refractivity contribution in [2.75, 3.05) is 12.8 Å².